The van der Waals surface area contributed by atoms with Crippen LogP contribution in [0.15, 0.2) is 45.9 Å². The van der Waals surface area contributed by atoms with E-state index in [1.54, 1.807) is 19.1 Å². The van der Waals surface area contributed by atoms with E-state index < -0.39 is 15.9 Å². The Kier molecular flexibility index (Phi) is 5.17. The van der Waals surface area contributed by atoms with Crippen LogP contribution in [0.2, 0.25) is 5.02 Å². The lowest BCUT2D eigenvalue weighted by Gasteiger charge is -2.17. The predicted molar refractivity (Wildman–Crippen MR) is 94.0 cm³/mol. The Morgan fingerprint density at radius 2 is 2.00 bits per heavy atom. The first-order valence-corrected chi connectivity index (χ1v) is 9.85. The van der Waals surface area contributed by atoms with Gasteiger partial charge in [-0.1, -0.05) is 11.6 Å². The zero-order chi connectivity index (χ0) is 18.0. The second kappa shape index (κ2) is 7.19. The molecule has 0 bridgehead atoms. The van der Waals surface area contributed by atoms with Crippen LogP contribution in [-0.4, -0.2) is 31.7 Å². The average Bonchev–Trinajstić information content (AvgIpc) is 3.28. The van der Waals surface area contributed by atoms with E-state index >= 15 is 0 Å². The van der Waals surface area contributed by atoms with E-state index in [2.05, 4.69) is 5.32 Å². The van der Waals surface area contributed by atoms with Gasteiger partial charge < -0.3 is 9.73 Å². The monoisotopic (exact) mass is 382 g/mol. The first-order chi connectivity index (χ1) is 11.9. The van der Waals surface area contributed by atoms with E-state index in [9.17, 15) is 13.2 Å². The van der Waals surface area contributed by atoms with Crippen molar-refractivity contribution >= 4 is 27.5 Å². The third-order valence-corrected chi connectivity index (χ3v) is 6.43. The molecule has 6 nitrogen and oxygen atoms in total. The van der Waals surface area contributed by atoms with E-state index in [1.165, 1.54) is 28.8 Å². The minimum absolute atomic E-state index is 0.0783. The van der Waals surface area contributed by atoms with Gasteiger partial charge in [-0.25, -0.2) is 8.42 Å². The first-order valence-electron chi connectivity index (χ1n) is 8.03. The van der Waals surface area contributed by atoms with Crippen LogP contribution in [0, 0.1) is 0 Å². The molecule has 1 fully saturated rings. The van der Waals surface area contributed by atoms with Gasteiger partial charge in [0.25, 0.3) is 5.91 Å². The summed E-state index contributed by atoms with van der Waals surface area (Å²) in [7, 11) is -3.61. The number of sulfonamides is 1. The number of hydrogen-bond acceptors (Lipinski definition) is 4. The number of amides is 1. The number of nitrogens with one attached hydrogen (secondary N) is 1. The van der Waals surface area contributed by atoms with Crippen molar-refractivity contribution in [2.24, 2.45) is 0 Å². The van der Waals surface area contributed by atoms with Crippen LogP contribution in [0.3, 0.4) is 0 Å². The zero-order valence-electron chi connectivity index (χ0n) is 13.7. The van der Waals surface area contributed by atoms with Crippen molar-refractivity contribution in [3.8, 4) is 0 Å². The number of rotatable bonds is 5. The van der Waals surface area contributed by atoms with Gasteiger partial charge in [0.15, 0.2) is 0 Å². The molecule has 1 aromatic heterocycles. The lowest BCUT2D eigenvalue weighted by molar-refractivity contribution is 0.0935. The number of carbonyl (C=O) groups is 1. The Labute approximate surface area is 151 Å². The average molecular weight is 383 g/mol. The summed E-state index contributed by atoms with van der Waals surface area (Å²) in [6, 6.07) is 7.33. The normalized spacial score (nSPS) is 16.7. The molecule has 1 aromatic carbocycles. The highest BCUT2D eigenvalue weighted by molar-refractivity contribution is 7.89. The van der Waals surface area contributed by atoms with Crippen LogP contribution < -0.4 is 5.32 Å². The standard InChI is InChI=1S/C17H19ClN2O4S/c1-12(16-5-4-10-24-16)19-17(21)14-11-13(6-7-15(14)18)25(22,23)20-8-2-3-9-20/h4-7,10-12H,2-3,8-9H2,1H3,(H,19,21). The molecule has 134 valence electrons. The Bertz CT molecular complexity index is 859. The van der Waals surface area contributed by atoms with Gasteiger partial charge in [-0.05, 0) is 50.1 Å². The molecule has 2 aromatic rings. The van der Waals surface area contributed by atoms with Gasteiger partial charge in [-0.3, -0.25) is 4.79 Å². The van der Waals surface area contributed by atoms with Crippen LogP contribution in [0.5, 0.6) is 0 Å². The van der Waals surface area contributed by atoms with Gasteiger partial charge in [-0.2, -0.15) is 4.31 Å². The lowest BCUT2D eigenvalue weighted by Crippen LogP contribution is -2.29. The van der Waals surface area contributed by atoms with Gasteiger partial charge in [0.1, 0.15) is 5.76 Å². The number of hydrogen-bond donors (Lipinski definition) is 1. The third-order valence-electron chi connectivity index (χ3n) is 4.20. The van der Waals surface area contributed by atoms with Gasteiger partial charge >= 0.3 is 0 Å². The minimum atomic E-state index is -3.61. The molecule has 1 N–H and O–H groups in total. The molecule has 0 saturated carbocycles. The second-order valence-electron chi connectivity index (χ2n) is 5.96. The van der Waals surface area contributed by atoms with Crippen molar-refractivity contribution < 1.29 is 17.6 Å². The topological polar surface area (TPSA) is 79.6 Å². The SMILES string of the molecule is CC(NC(=O)c1cc(S(=O)(=O)N2CCCC2)ccc1Cl)c1ccco1. The van der Waals surface area contributed by atoms with Gasteiger partial charge in [0.05, 0.1) is 27.8 Å². The van der Waals surface area contributed by atoms with Crippen molar-refractivity contribution in [3.05, 3.63) is 52.9 Å². The summed E-state index contributed by atoms with van der Waals surface area (Å²) in [4.78, 5) is 12.6. The fourth-order valence-corrected chi connectivity index (χ4v) is 4.55. The molecule has 1 saturated heterocycles. The van der Waals surface area contributed by atoms with Gasteiger partial charge in [0, 0.05) is 13.1 Å². The van der Waals surface area contributed by atoms with Crippen molar-refractivity contribution in [1.82, 2.24) is 9.62 Å². The van der Waals surface area contributed by atoms with E-state index in [-0.39, 0.29) is 21.5 Å². The number of halogens is 1. The summed E-state index contributed by atoms with van der Waals surface area (Å²) < 4.78 is 32.0. The summed E-state index contributed by atoms with van der Waals surface area (Å²) in [5.41, 5.74) is 0.125. The predicted octanol–water partition coefficient (Wildman–Crippen LogP) is 3.21. The molecule has 8 heteroatoms. The summed E-state index contributed by atoms with van der Waals surface area (Å²) in [6.07, 6.45) is 3.22. The van der Waals surface area contributed by atoms with Gasteiger partial charge in [0.2, 0.25) is 10.0 Å². The highest BCUT2D eigenvalue weighted by Gasteiger charge is 2.28. The summed E-state index contributed by atoms with van der Waals surface area (Å²) in [5.74, 6) is 0.151. The molecule has 0 radical (unpaired) electrons. The van der Waals surface area contributed by atoms with Crippen LogP contribution in [0.1, 0.15) is 41.9 Å². The van der Waals surface area contributed by atoms with Crippen LogP contribution >= 0.6 is 11.6 Å². The molecule has 1 unspecified atom stereocenters. The highest BCUT2D eigenvalue weighted by atomic mass is 35.5. The van der Waals surface area contributed by atoms with Gasteiger partial charge in [-0.15, -0.1) is 0 Å². The van der Waals surface area contributed by atoms with Crippen molar-refractivity contribution in [2.75, 3.05) is 13.1 Å². The molecule has 1 aliphatic heterocycles. The van der Waals surface area contributed by atoms with Crippen LogP contribution in [0.4, 0.5) is 0 Å². The Morgan fingerprint density at radius 3 is 2.64 bits per heavy atom. The summed E-state index contributed by atoms with van der Waals surface area (Å²) >= 11 is 6.12. The van der Waals surface area contributed by atoms with Crippen LogP contribution in [0.25, 0.3) is 0 Å². The maximum atomic E-state index is 12.7. The number of carbonyl (C=O) groups excluding carboxylic acids is 1. The smallest absolute Gasteiger partial charge is 0.253 e. The minimum Gasteiger partial charge on any atom is -0.467 e. The maximum Gasteiger partial charge on any atom is 0.253 e. The highest BCUT2D eigenvalue weighted by Crippen LogP contribution is 2.26. The Morgan fingerprint density at radius 1 is 1.28 bits per heavy atom. The lowest BCUT2D eigenvalue weighted by atomic mass is 10.2. The van der Waals surface area contributed by atoms with Crippen molar-refractivity contribution in [2.45, 2.75) is 30.7 Å². The van der Waals surface area contributed by atoms with E-state index in [1.807, 2.05) is 0 Å². The molecular formula is C17H19ClN2O4S. The maximum absolute atomic E-state index is 12.7. The Balaban J connectivity index is 1.85. The number of benzene rings is 1. The Hall–Kier alpha value is -1.83. The van der Waals surface area contributed by atoms with Crippen LogP contribution in [-0.2, 0) is 10.0 Å². The largest absolute Gasteiger partial charge is 0.467 e. The van der Waals surface area contributed by atoms with E-state index in [4.69, 9.17) is 16.0 Å². The molecule has 0 spiro atoms. The molecule has 3 rings (SSSR count). The quantitative estimate of drug-likeness (QED) is 0.861. The zero-order valence-corrected chi connectivity index (χ0v) is 15.3. The fourth-order valence-electron chi connectivity index (χ4n) is 2.80. The molecule has 1 atom stereocenters. The molecule has 0 aliphatic carbocycles. The van der Waals surface area contributed by atoms with E-state index in [0.29, 0.717) is 18.8 Å². The first kappa shape index (κ1) is 18.0. The molecule has 2 heterocycles. The number of furan rings is 1. The van der Waals surface area contributed by atoms with Crippen molar-refractivity contribution in [3.63, 3.8) is 0 Å². The molecule has 1 amide bonds. The van der Waals surface area contributed by atoms with E-state index in [0.717, 1.165) is 12.8 Å². The molecule has 25 heavy (non-hydrogen) atoms. The third kappa shape index (κ3) is 3.73. The molecular weight excluding hydrogens is 364 g/mol. The molecule has 1 aliphatic rings. The summed E-state index contributed by atoms with van der Waals surface area (Å²) in [6.45, 7) is 2.78. The second-order valence-corrected chi connectivity index (χ2v) is 8.31. The van der Waals surface area contributed by atoms with Crippen molar-refractivity contribution in [1.29, 1.82) is 0 Å². The number of nitrogens with zero attached hydrogens (tertiary/aromatic N) is 1. The fraction of sp³-hybridized carbons (Fsp3) is 0.353. The summed E-state index contributed by atoms with van der Waals surface area (Å²) in [5, 5.41) is 2.96.